The van der Waals surface area contributed by atoms with Crippen LogP contribution >= 0.6 is 23.5 Å². The number of halogens is 2. The molecule has 292 valence electrons. The van der Waals surface area contributed by atoms with E-state index in [2.05, 4.69) is 25.9 Å². The number of piperidine rings is 2. The predicted octanol–water partition coefficient (Wildman–Crippen LogP) is 7.47. The number of likely N-dealkylation sites (tertiary alicyclic amines) is 1. The van der Waals surface area contributed by atoms with Crippen LogP contribution in [0.5, 0.6) is 23.3 Å². The molecule has 2 fully saturated rings. The van der Waals surface area contributed by atoms with Gasteiger partial charge in [-0.25, -0.2) is 18.7 Å². The van der Waals surface area contributed by atoms with E-state index in [9.17, 15) is 23.2 Å². The average Bonchev–Trinajstić information content (AvgIpc) is 3.20. The highest BCUT2D eigenvalue weighted by Gasteiger charge is 2.26. The Morgan fingerprint density at radius 2 is 1.24 bits per heavy atom. The number of hydrogen-bond acceptors (Lipinski definition) is 10. The molecule has 0 unspecified atom stereocenters. The number of rotatable bonds is 12. The number of aromatic nitrogens is 2. The Bertz CT molecular complexity index is 1920. The van der Waals surface area contributed by atoms with E-state index in [0.717, 1.165) is 66.7 Å². The molecule has 2 aromatic carbocycles. The molecule has 0 aliphatic carbocycles. The first-order valence-corrected chi connectivity index (χ1v) is 20.7. The summed E-state index contributed by atoms with van der Waals surface area (Å²) in [5.41, 5.74) is 0.155. The molecule has 55 heavy (non-hydrogen) atoms. The molecule has 2 saturated heterocycles. The van der Waals surface area contributed by atoms with Crippen molar-refractivity contribution in [3.63, 3.8) is 0 Å². The van der Waals surface area contributed by atoms with Crippen molar-refractivity contribution in [2.75, 3.05) is 38.7 Å². The summed E-state index contributed by atoms with van der Waals surface area (Å²) in [6, 6.07) is 17.1. The second-order valence-corrected chi connectivity index (χ2v) is 14.7. The molecule has 0 spiro atoms. The maximum Gasteiger partial charge on any atom is 0.257 e. The van der Waals surface area contributed by atoms with E-state index in [-0.39, 0.29) is 46.8 Å². The number of nitrogens with zero attached hydrogens (tertiary/aromatic N) is 3. The van der Waals surface area contributed by atoms with Gasteiger partial charge in [0.1, 0.15) is 34.3 Å². The Kier molecular flexibility index (Phi) is 15.7. The highest BCUT2D eigenvalue weighted by Crippen LogP contribution is 2.29. The molecular formula is C40H46F2N6O5S2. The number of thioether (sulfide) groups is 2. The molecule has 6 rings (SSSR count). The minimum absolute atomic E-state index is 0.0500. The van der Waals surface area contributed by atoms with Crippen molar-refractivity contribution >= 4 is 41.2 Å². The maximum absolute atomic E-state index is 13.8. The number of nitrogens with one attached hydrogen (secondary N) is 3. The molecule has 11 nitrogen and oxygen atoms in total. The van der Waals surface area contributed by atoms with Gasteiger partial charge < -0.3 is 30.3 Å². The molecule has 3 amide bonds. The molecule has 3 N–H and O–H groups in total. The maximum atomic E-state index is 13.8. The molecule has 4 aromatic rings. The molecule has 2 aliphatic heterocycles. The molecule has 2 aliphatic rings. The number of ether oxygens (including phenoxy) is 2. The summed E-state index contributed by atoms with van der Waals surface area (Å²) < 4.78 is 39.0. The van der Waals surface area contributed by atoms with Crippen molar-refractivity contribution in [1.82, 2.24) is 30.8 Å². The van der Waals surface area contributed by atoms with E-state index in [1.807, 2.05) is 60.7 Å². The van der Waals surface area contributed by atoms with Crippen LogP contribution in [0.3, 0.4) is 0 Å². The van der Waals surface area contributed by atoms with E-state index in [1.165, 1.54) is 0 Å². The molecule has 0 atom stereocenters. The van der Waals surface area contributed by atoms with Gasteiger partial charge in [-0.05, 0) is 106 Å². The lowest BCUT2D eigenvalue weighted by Crippen LogP contribution is -2.46. The third-order valence-electron chi connectivity index (χ3n) is 8.96. The second kappa shape index (κ2) is 20.8. The topological polar surface area (TPSA) is 135 Å². The third kappa shape index (κ3) is 12.4. The van der Waals surface area contributed by atoms with Gasteiger partial charge in [0.25, 0.3) is 11.8 Å². The second-order valence-electron chi connectivity index (χ2n) is 13.0. The average molecular weight is 793 g/mol. The zero-order valence-electron chi connectivity index (χ0n) is 31.1. The molecule has 0 bridgehead atoms. The van der Waals surface area contributed by atoms with Crippen molar-refractivity contribution in [3.05, 3.63) is 95.8 Å². The monoisotopic (exact) mass is 792 g/mol. The van der Waals surface area contributed by atoms with Crippen LogP contribution in [0.15, 0.2) is 82.8 Å². The molecule has 2 aromatic heterocycles. The number of hydrogen-bond donors (Lipinski definition) is 3. The molecule has 15 heteroatoms. The lowest BCUT2D eigenvalue weighted by Gasteiger charge is -2.32. The van der Waals surface area contributed by atoms with Crippen molar-refractivity contribution < 1.29 is 32.6 Å². The number of pyridine rings is 2. The van der Waals surface area contributed by atoms with E-state index < -0.39 is 17.5 Å². The first-order valence-electron chi connectivity index (χ1n) is 18.2. The fourth-order valence-corrected chi connectivity index (χ4v) is 6.93. The summed E-state index contributed by atoms with van der Waals surface area (Å²) in [7, 11) is 0. The van der Waals surface area contributed by atoms with Crippen LogP contribution in [0.25, 0.3) is 0 Å². The first-order chi connectivity index (χ1) is 26.6. The minimum atomic E-state index is -0.606. The normalized spacial score (nSPS) is 14.7. The summed E-state index contributed by atoms with van der Waals surface area (Å²) in [5.74, 6) is -0.578. The van der Waals surface area contributed by atoms with Crippen LogP contribution in [0.2, 0.25) is 0 Å². The fourth-order valence-electron chi connectivity index (χ4n) is 6.03. The summed E-state index contributed by atoms with van der Waals surface area (Å²) in [4.78, 5) is 49.2. The predicted molar refractivity (Wildman–Crippen MR) is 210 cm³/mol. The molecule has 0 saturated carbocycles. The Morgan fingerprint density at radius 1 is 0.764 bits per heavy atom. The van der Waals surface area contributed by atoms with Crippen molar-refractivity contribution in [1.29, 1.82) is 0 Å². The van der Waals surface area contributed by atoms with E-state index in [1.54, 1.807) is 35.7 Å². The third-order valence-corrected chi connectivity index (χ3v) is 10.4. The van der Waals surface area contributed by atoms with Crippen LogP contribution in [0, 0.1) is 11.6 Å². The zero-order valence-corrected chi connectivity index (χ0v) is 32.7. The van der Waals surface area contributed by atoms with Crippen molar-refractivity contribution in [3.8, 4) is 23.3 Å². The molecular weight excluding hydrogens is 747 g/mol. The van der Waals surface area contributed by atoms with E-state index in [4.69, 9.17) is 9.47 Å². The highest BCUT2D eigenvalue weighted by atomic mass is 32.2. The van der Waals surface area contributed by atoms with Crippen LogP contribution < -0.4 is 25.4 Å². The minimum Gasteiger partial charge on any atom is -0.438 e. The van der Waals surface area contributed by atoms with Gasteiger partial charge >= 0.3 is 0 Å². The van der Waals surface area contributed by atoms with Crippen molar-refractivity contribution in [2.24, 2.45) is 0 Å². The fraction of sp³-hybridized carbons (Fsp3) is 0.375. The van der Waals surface area contributed by atoms with E-state index in [0.29, 0.717) is 43.9 Å². The highest BCUT2D eigenvalue weighted by molar-refractivity contribution is 7.98. The van der Waals surface area contributed by atoms with Gasteiger partial charge in [0, 0.05) is 41.4 Å². The van der Waals surface area contributed by atoms with Gasteiger partial charge in [0.2, 0.25) is 17.7 Å². The van der Waals surface area contributed by atoms with Crippen LogP contribution in [-0.4, -0.2) is 83.4 Å². The van der Waals surface area contributed by atoms with Crippen LogP contribution in [0.1, 0.15) is 66.2 Å². The smallest absolute Gasteiger partial charge is 0.257 e. The largest absolute Gasteiger partial charge is 0.438 e. The SMILES string of the molecule is CCCC(=O)N1CCC(NC(=O)c2cc(F)cnc2Oc2cccc(SC)c2)CC1.CSc1cccc(Oc2ncc(F)cc2C(=O)NC2CCNCC2)c1. The Hall–Kier alpha value is -4.73. The van der Waals surface area contributed by atoms with Gasteiger partial charge in [0.15, 0.2) is 0 Å². The van der Waals surface area contributed by atoms with Gasteiger partial charge in [-0.15, -0.1) is 23.5 Å². The lowest BCUT2D eigenvalue weighted by atomic mass is 10.0. The first kappa shape index (κ1) is 41.4. The standard InChI is InChI=1S/C22H26FN3O3S.C18H20FN3O2S/c1-3-5-20(27)26-10-8-16(9-11-26)25-21(28)19-12-15(23)14-24-22(19)29-17-6-4-7-18(13-17)30-2;1-25-15-4-2-3-14(10-15)24-18-16(9-12(19)11-21-18)17(23)22-13-5-7-20-8-6-13/h4,6-7,12-14,16H,3,5,8-11H2,1-2H3,(H,25,28);2-4,9-11,13,20H,5-8H2,1H3,(H,22,23). The van der Waals surface area contributed by atoms with Crippen LogP contribution in [0.4, 0.5) is 8.78 Å². The van der Waals surface area contributed by atoms with E-state index >= 15 is 0 Å². The Balaban J connectivity index is 0.000000214. The number of amides is 3. The number of carbonyl (C=O) groups is 3. The number of carbonyl (C=O) groups excluding carboxylic acids is 3. The molecule has 4 heterocycles. The van der Waals surface area contributed by atoms with Gasteiger partial charge in [-0.2, -0.15) is 0 Å². The van der Waals surface area contributed by atoms with Gasteiger partial charge in [-0.3, -0.25) is 14.4 Å². The summed E-state index contributed by atoms with van der Waals surface area (Å²) >= 11 is 3.15. The summed E-state index contributed by atoms with van der Waals surface area (Å²) in [5, 5.41) is 9.12. The number of benzene rings is 2. The zero-order chi connectivity index (χ0) is 39.2. The molecule has 0 radical (unpaired) electrons. The quantitative estimate of drug-likeness (QED) is 0.124. The summed E-state index contributed by atoms with van der Waals surface area (Å²) in [6.07, 6.45) is 10.4. The van der Waals surface area contributed by atoms with Crippen LogP contribution in [-0.2, 0) is 4.79 Å². The lowest BCUT2D eigenvalue weighted by molar-refractivity contribution is -0.132. The summed E-state index contributed by atoms with van der Waals surface area (Å²) in [6.45, 7) is 4.91. The van der Waals surface area contributed by atoms with Gasteiger partial charge in [0.05, 0.1) is 12.4 Å². The van der Waals surface area contributed by atoms with Crippen molar-refractivity contribution in [2.45, 2.75) is 67.3 Å². The van der Waals surface area contributed by atoms with Gasteiger partial charge in [-0.1, -0.05) is 19.1 Å². The Morgan fingerprint density at radius 3 is 1.69 bits per heavy atom. The Labute approximate surface area is 328 Å².